The first-order chi connectivity index (χ1) is 9.26. The molecule has 0 aliphatic rings. The van der Waals surface area contributed by atoms with Crippen molar-refractivity contribution < 1.29 is 4.74 Å². The molecule has 0 atom stereocenters. The van der Waals surface area contributed by atoms with Gasteiger partial charge in [0.2, 0.25) is 11.8 Å². The van der Waals surface area contributed by atoms with Gasteiger partial charge in [-0.25, -0.2) is 4.98 Å². The van der Waals surface area contributed by atoms with Gasteiger partial charge in [-0.3, -0.25) is 0 Å². The van der Waals surface area contributed by atoms with Gasteiger partial charge in [0.15, 0.2) is 0 Å². The van der Waals surface area contributed by atoms with Crippen LogP contribution in [0, 0.1) is 6.92 Å². The molecule has 96 valence electrons. The number of thiophene rings is 1. The predicted molar refractivity (Wildman–Crippen MR) is 78.2 cm³/mol. The van der Waals surface area contributed by atoms with E-state index in [0.29, 0.717) is 11.8 Å². The lowest BCUT2D eigenvalue weighted by Gasteiger charge is -2.07. The third-order valence-corrected chi connectivity index (χ3v) is 3.61. The van der Waals surface area contributed by atoms with Crippen LogP contribution in [0.5, 0.6) is 11.6 Å². The Morgan fingerprint density at radius 2 is 1.95 bits per heavy atom. The SMILES string of the molecule is CNc1nc(Oc2ccccc2)c2cc(C)sc2n1. The summed E-state index contributed by atoms with van der Waals surface area (Å²) < 4.78 is 5.86. The standard InChI is InChI=1S/C14H13N3OS/c1-9-8-11-12(18-10-6-4-3-5-7-10)16-14(15-2)17-13(11)19-9/h3-8H,1-2H3,(H,15,16,17). The first-order valence-corrected chi connectivity index (χ1v) is 6.77. The van der Waals surface area contributed by atoms with Crippen molar-refractivity contribution in [2.75, 3.05) is 12.4 Å². The first kappa shape index (κ1) is 11.9. The Morgan fingerprint density at radius 3 is 2.68 bits per heavy atom. The van der Waals surface area contributed by atoms with E-state index in [1.165, 1.54) is 4.88 Å². The second-order valence-electron chi connectivity index (χ2n) is 4.09. The van der Waals surface area contributed by atoms with Gasteiger partial charge in [-0.2, -0.15) is 4.98 Å². The molecular weight excluding hydrogens is 258 g/mol. The van der Waals surface area contributed by atoms with E-state index >= 15 is 0 Å². The molecular formula is C14H13N3OS. The summed E-state index contributed by atoms with van der Waals surface area (Å²) >= 11 is 1.64. The van der Waals surface area contributed by atoms with Crippen LogP contribution in [0.1, 0.15) is 4.88 Å². The van der Waals surface area contributed by atoms with Crippen molar-refractivity contribution in [3.05, 3.63) is 41.3 Å². The van der Waals surface area contributed by atoms with Crippen LogP contribution >= 0.6 is 11.3 Å². The lowest BCUT2D eigenvalue weighted by atomic mass is 10.3. The van der Waals surface area contributed by atoms with Gasteiger partial charge in [-0.15, -0.1) is 11.3 Å². The van der Waals surface area contributed by atoms with Crippen molar-refractivity contribution in [2.24, 2.45) is 0 Å². The minimum absolute atomic E-state index is 0.570. The Morgan fingerprint density at radius 1 is 1.16 bits per heavy atom. The molecule has 2 aromatic heterocycles. The highest BCUT2D eigenvalue weighted by molar-refractivity contribution is 7.18. The third kappa shape index (κ3) is 2.37. The van der Waals surface area contributed by atoms with E-state index in [9.17, 15) is 0 Å². The number of nitrogens with one attached hydrogen (secondary N) is 1. The van der Waals surface area contributed by atoms with Crippen molar-refractivity contribution in [2.45, 2.75) is 6.92 Å². The van der Waals surface area contributed by atoms with E-state index in [0.717, 1.165) is 16.0 Å². The minimum Gasteiger partial charge on any atom is -0.438 e. The highest BCUT2D eigenvalue weighted by Crippen LogP contribution is 2.33. The van der Waals surface area contributed by atoms with Gasteiger partial charge in [0.25, 0.3) is 0 Å². The number of rotatable bonds is 3. The smallest absolute Gasteiger partial charge is 0.232 e. The van der Waals surface area contributed by atoms with E-state index in [-0.39, 0.29) is 0 Å². The van der Waals surface area contributed by atoms with E-state index in [1.54, 1.807) is 18.4 Å². The quantitative estimate of drug-likeness (QED) is 0.786. The van der Waals surface area contributed by atoms with E-state index in [2.05, 4.69) is 28.3 Å². The second kappa shape index (κ2) is 4.85. The molecule has 0 bridgehead atoms. The maximum atomic E-state index is 5.86. The fourth-order valence-electron chi connectivity index (χ4n) is 1.81. The van der Waals surface area contributed by atoms with Crippen molar-refractivity contribution in [1.29, 1.82) is 0 Å². The lowest BCUT2D eigenvalue weighted by Crippen LogP contribution is -1.98. The summed E-state index contributed by atoms with van der Waals surface area (Å²) in [7, 11) is 1.80. The largest absolute Gasteiger partial charge is 0.438 e. The number of nitrogens with zero attached hydrogens (tertiary/aromatic N) is 2. The molecule has 0 amide bonds. The van der Waals surface area contributed by atoms with E-state index in [4.69, 9.17) is 4.74 Å². The zero-order chi connectivity index (χ0) is 13.2. The molecule has 0 saturated carbocycles. The van der Waals surface area contributed by atoms with Crippen LogP contribution in [0.25, 0.3) is 10.2 Å². The molecule has 1 aromatic carbocycles. The van der Waals surface area contributed by atoms with Crippen molar-refractivity contribution in [1.82, 2.24) is 9.97 Å². The van der Waals surface area contributed by atoms with Gasteiger partial charge in [0, 0.05) is 11.9 Å². The van der Waals surface area contributed by atoms with Gasteiger partial charge in [0.05, 0.1) is 5.39 Å². The number of fused-ring (bicyclic) bond motifs is 1. The van der Waals surface area contributed by atoms with Crippen molar-refractivity contribution >= 4 is 27.5 Å². The number of para-hydroxylation sites is 1. The van der Waals surface area contributed by atoms with Crippen LogP contribution in [-0.4, -0.2) is 17.0 Å². The molecule has 2 heterocycles. The lowest BCUT2D eigenvalue weighted by molar-refractivity contribution is 0.469. The molecule has 0 radical (unpaired) electrons. The summed E-state index contributed by atoms with van der Waals surface area (Å²) in [4.78, 5) is 10.9. The van der Waals surface area contributed by atoms with Gasteiger partial charge in [0.1, 0.15) is 10.6 Å². The average Bonchev–Trinajstić information content (AvgIpc) is 2.80. The number of hydrogen-bond acceptors (Lipinski definition) is 5. The van der Waals surface area contributed by atoms with Crippen LogP contribution in [0.2, 0.25) is 0 Å². The number of aryl methyl sites for hydroxylation is 1. The van der Waals surface area contributed by atoms with E-state index in [1.807, 2.05) is 30.3 Å². The molecule has 0 aliphatic carbocycles. The van der Waals surface area contributed by atoms with Crippen LogP contribution in [-0.2, 0) is 0 Å². The molecule has 1 N–H and O–H groups in total. The zero-order valence-electron chi connectivity index (χ0n) is 10.7. The molecule has 0 aliphatic heterocycles. The average molecular weight is 271 g/mol. The summed E-state index contributed by atoms with van der Waals surface area (Å²) in [6.07, 6.45) is 0. The fraction of sp³-hybridized carbons (Fsp3) is 0.143. The number of hydrogen-bond donors (Lipinski definition) is 1. The van der Waals surface area contributed by atoms with Gasteiger partial charge in [-0.1, -0.05) is 18.2 Å². The topological polar surface area (TPSA) is 47.0 Å². The molecule has 4 nitrogen and oxygen atoms in total. The molecule has 0 spiro atoms. The number of aromatic nitrogens is 2. The van der Waals surface area contributed by atoms with Crippen LogP contribution < -0.4 is 10.1 Å². The minimum atomic E-state index is 0.570. The van der Waals surface area contributed by atoms with Gasteiger partial charge < -0.3 is 10.1 Å². The zero-order valence-corrected chi connectivity index (χ0v) is 11.5. The summed E-state index contributed by atoms with van der Waals surface area (Å²) in [5.41, 5.74) is 0. The van der Waals surface area contributed by atoms with Crippen molar-refractivity contribution in [3.8, 4) is 11.6 Å². The number of ether oxygens (including phenoxy) is 1. The molecule has 19 heavy (non-hydrogen) atoms. The Hall–Kier alpha value is -2.14. The highest BCUT2D eigenvalue weighted by Gasteiger charge is 2.11. The third-order valence-electron chi connectivity index (χ3n) is 2.66. The fourth-order valence-corrected chi connectivity index (χ4v) is 2.68. The monoisotopic (exact) mass is 271 g/mol. The predicted octanol–water partition coefficient (Wildman–Crippen LogP) is 3.83. The van der Waals surface area contributed by atoms with Crippen LogP contribution in [0.4, 0.5) is 5.95 Å². The van der Waals surface area contributed by atoms with Crippen LogP contribution in [0.15, 0.2) is 36.4 Å². The number of anilines is 1. The maximum Gasteiger partial charge on any atom is 0.232 e. The van der Waals surface area contributed by atoms with Crippen LogP contribution in [0.3, 0.4) is 0 Å². The first-order valence-electron chi connectivity index (χ1n) is 5.95. The van der Waals surface area contributed by atoms with Gasteiger partial charge in [-0.05, 0) is 25.1 Å². The summed E-state index contributed by atoms with van der Waals surface area (Å²) in [5, 5.41) is 3.91. The Labute approximate surface area is 115 Å². The Bertz CT molecular complexity index is 709. The summed E-state index contributed by atoms with van der Waals surface area (Å²) in [6, 6.07) is 11.7. The van der Waals surface area contributed by atoms with E-state index < -0.39 is 0 Å². The molecule has 5 heteroatoms. The molecule has 0 fully saturated rings. The highest BCUT2D eigenvalue weighted by atomic mass is 32.1. The second-order valence-corrected chi connectivity index (χ2v) is 5.33. The Kier molecular flexibility index (Phi) is 3.05. The summed E-state index contributed by atoms with van der Waals surface area (Å²) in [6.45, 7) is 2.05. The van der Waals surface area contributed by atoms with Crippen molar-refractivity contribution in [3.63, 3.8) is 0 Å². The molecule has 0 unspecified atom stereocenters. The molecule has 0 saturated heterocycles. The number of benzene rings is 1. The maximum absolute atomic E-state index is 5.86. The normalized spacial score (nSPS) is 10.6. The summed E-state index contributed by atoms with van der Waals surface area (Å²) in [5.74, 6) is 1.93. The Balaban J connectivity index is 2.10. The molecule has 3 rings (SSSR count). The van der Waals surface area contributed by atoms with Gasteiger partial charge >= 0.3 is 0 Å². The molecule has 3 aromatic rings.